The van der Waals surface area contributed by atoms with E-state index in [1.165, 1.54) is 0 Å². The van der Waals surface area contributed by atoms with Crippen LogP contribution in [0.5, 0.6) is 5.75 Å². The number of hydrogen-bond acceptors (Lipinski definition) is 2. The number of amides is 1. The molecule has 112 valence electrons. The van der Waals surface area contributed by atoms with E-state index in [4.69, 9.17) is 4.74 Å². The average molecular weight is 342 g/mol. The summed E-state index contributed by atoms with van der Waals surface area (Å²) in [6.07, 6.45) is 2.59. The van der Waals surface area contributed by atoms with Crippen LogP contribution >= 0.6 is 15.9 Å². The molecule has 0 saturated carbocycles. The van der Waals surface area contributed by atoms with E-state index >= 15 is 0 Å². The number of halogens is 1. The average Bonchev–Trinajstić information content (AvgIpc) is 2.47. The molecule has 3 nitrogen and oxygen atoms in total. The fourth-order valence-corrected chi connectivity index (χ4v) is 3.17. The Morgan fingerprint density at radius 2 is 1.95 bits per heavy atom. The predicted octanol–water partition coefficient (Wildman–Crippen LogP) is 3.55. The lowest BCUT2D eigenvalue weighted by Crippen LogP contribution is -2.33. The molecule has 0 fully saturated rings. The van der Waals surface area contributed by atoms with Crippen LogP contribution in [0.4, 0.5) is 0 Å². The Labute approximate surface area is 130 Å². The van der Waals surface area contributed by atoms with E-state index in [9.17, 15) is 4.79 Å². The molecule has 1 amide bonds. The number of benzene rings is 1. The van der Waals surface area contributed by atoms with Gasteiger partial charge in [-0.2, -0.15) is 0 Å². The van der Waals surface area contributed by atoms with E-state index in [2.05, 4.69) is 35.1 Å². The smallest absolute Gasteiger partial charge is 0.224 e. The van der Waals surface area contributed by atoms with Crippen LogP contribution in [0.15, 0.2) is 24.3 Å². The highest BCUT2D eigenvalue weighted by Gasteiger charge is 2.16. The van der Waals surface area contributed by atoms with Gasteiger partial charge in [0.25, 0.3) is 0 Å². The number of para-hydroxylation sites is 1. The molecule has 1 N–H and O–H groups in total. The largest absolute Gasteiger partial charge is 0.496 e. The molecule has 0 aromatic heterocycles. The molecule has 0 heterocycles. The second kappa shape index (κ2) is 9.01. The number of hydrogen-bond donors (Lipinski definition) is 1. The van der Waals surface area contributed by atoms with Gasteiger partial charge in [0, 0.05) is 16.9 Å². The lowest BCUT2D eigenvalue weighted by Gasteiger charge is -2.20. The van der Waals surface area contributed by atoms with Crippen molar-refractivity contribution >= 4 is 21.8 Å². The standard InChI is InChI=1S/C16H24BrNO2/c1-4-12(5-2)14(17)11-18-16(19)10-13-8-6-7-9-15(13)20-3/h6-9,12,14H,4-5,10-11H2,1-3H3,(H,18,19). The summed E-state index contributed by atoms with van der Waals surface area (Å²) in [6.45, 7) is 5.03. The van der Waals surface area contributed by atoms with Gasteiger partial charge in [-0.3, -0.25) is 4.79 Å². The highest BCUT2D eigenvalue weighted by molar-refractivity contribution is 9.09. The normalized spacial score (nSPS) is 12.2. The number of carbonyl (C=O) groups is 1. The first-order valence-electron chi connectivity index (χ1n) is 7.15. The van der Waals surface area contributed by atoms with E-state index in [-0.39, 0.29) is 5.91 Å². The first-order chi connectivity index (χ1) is 9.62. The van der Waals surface area contributed by atoms with Gasteiger partial charge in [-0.1, -0.05) is 60.8 Å². The maximum absolute atomic E-state index is 12.0. The molecule has 1 atom stereocenters. The Morgan fingerprint density at radius 3 is 2.55 bits per heavy atom. The summed E-state index contributed by atoms with van der Waals surface area (Å²) in [5, 5.41) is 2.99. The third kappa shape index (κ3) is 5.16. The fraction of sp³-hybridized carbons (Fsp3) is 0.562. The first-order valence-corrected chi connectivity index (χ1v) is 8.06. The van der Waals surface area contributed by atoms with Crippen LogP contribution in [0.3, 0.4) is 0 Å². The molecule has 0 radical (unpaired) electrons. The van der Waals surface area contributed by atoms with Crippen LogP contribution in [0.2, 0.25) is 0 Å². The summed E-state index contributed by atoms with van der Waals surface area (Å²) < 4.78 is 5.26. The van der Waals surface area contributed by atoms with Gasteiger partial charge in [0.2, 0.25) is 5.91 Å². The van der Waals surface area contributed by atoms with Crippen LogP contribution in [-0.2, 0) is 11.2 Å². The number of methoxy groups -OCH3 is 1. The van der Waals surface area contributed by atoms with Crippen molar-refractivity contribution in [2.45, 2.75) is 37.9 Å². The molecule has 1 aromatic rings. The fourth-order valence-electron chi connectivity index (χ4n) is 2.26. The zero-order valence-electron chi connectivity index (χ0n) is 12.5. The van der Waals surface area contributed by atoms with E-state index in [1.54, 1.807) is 7.11 Å². The third-order valence-electron chi connectivity index (χ3n) is 3.60. The Kier molecular flexibility index (Phi) is 7.67. The minimum Gasteiger partial charge on any atom is -0.496 e. The van der Waals surface area contributed by atoms with E-state index < -0.39 is 0 Å². The summed E-state index contributed by atoms with van der Waals surface area (Å²) in [6, 6.07) is 7.62. The summed E-state index contributed by atoms with van der Waals surface area (Å²) in [7, 11) is 1.62. The molecule has 4 heteroatoms. The zero-order valence-corrected chi connectivity index (χ0v) is 14.1. The molecule has 1 aromatic carbocycles. The molecular formula is C16H24BrNO2. The lowest BCUT2D eigenvalue weighted by molar-refractivity contribution is -0.120. The minimum absolute atomic E-state index is 0.0323. The number of alkyl halides is 1. The molecule has 1 rings (SSSR count). The van der Waals surface area contributed by atoms with Crippen LogP contribution in [0, 0.1) is 5.92 Å². The Balaban J connectivity index is 2.48. The quantitative estimate of drug-likeness (QED) is 0.734. The van der Waals surface area contributed by atoms with Gasteiger partial charge >= 0.3 is 0 Å². The first kappa shape index (κ1) is 17.0. The highest BCUT2D eigenvalue weighted by atomic mass is 79.9. The molecule has 1 unspecified atom stereocenters. The highest BCUT2D eigenvalue weighted by Crippen LogP contribution is 2.20. The van der Waals surface area contributed by atoms with Crippen molar-refractivity contribution < 1.29 is 9.53 Å². The van der Waals surface area contributed by atoms with Crippen molar-refractivity contribution in [2.24, 2.45) is 5.92 Å². The Hall–Kier alpha value is -1.03. The van der Waals surface area contributed by atoms with Gasteiger partial charge in [0.1, 0.15) is 5.75 Å². The van der Waals surface area contributed by atoms with Crippen molar-refractivity contribution in [1.82, 2.24) is 5.32 Å². The topological polar surface area (TPSA) is 38.3 Å². The zero-order chi connectivity index (χ0) is 15.0. The molecule has 0 aliphatic heterocycles. The molecule has 20 heavy (non-hydrogen) atoms. The van der Waals surface area contributed by atoms with Gasteiger partial charge in [-0.15, -0.1) is 0 Å². The minimum atomic E-state index is 0.0323. The number of nitrogens with one attached hydrogen (secondary N) is 1. The SMILES string of the molecule is CCC(CC)C(Br)CNC(=O)Cc1ccccc1OC. The molecule has 0 aliphatic rings. The van der Waals surface area contributed by atoms with Crippen molar-refractivity contribution in [3.05, 3.63) is 29.8 Å². The van der Waals surface area contributed by atoms with E-state index in [0.717, 1.165) is 24.2 Å². The van der Waals surface area contributed by atoms with Gasteiger partial charge in [0.15, 0.2) is 0 Å². The van der Waals surface area contributed by atoms with Crippen LogP contribution in [0.25, 0.3) is 0 Å². The second-order valence-corrected chi connectivity index (χ2v) is 6.06. The predicted molar refractivity (Wildman–Crippen MR) is 86.5 cm³/mol. The number of carbonyl (C=O) groups excluding carboxylic acids is 1. The lowest BCUT2D eigenvalue weighted by atomic mass is 9.99. The molecule has 0 aliphatic carbocycles. The van der Waals surface area contributed by atoms with Gasteiger partial charge in [-0.05, 0) is 12.0 Å². The van der Waals surface area contributed by atoms with E-state index in [1.807, 2.05) is 24.3 Å². The number of rotatable bonds is 8. The maximum atomic E-state index is 12.0. The summed E-state index contributed by atoms with van der Waals surface area (Å²) in [5.41, 5.74) is 0.918. The van der Waals surface area contributed by atoms with Gasteiger partial charge in [0.05, 0.1) is 13.5 Å². The van der Waals surface area contributed by atoms with Crippen molar-refractivity contribution in [3.8, 4) is 5.75 Å². The van der Waals surface area contributed by atoms with Crippen molar-refractivity contribution in [2.75, 3.05) is 13.7 Å². The summed E-state index contributed by atoms with van der Waals surface area (Å²) in [5.74, 6) is 1.39. The summed E-state index contributed by atoms with van der Waals surface area (Å²) >= 11 is 3.67. The van der Waals surface area contributed by atoms with Crippen molar-refractivity contribution in [1.29, 1.82) is 0 Å². The van der Waals surface area contributed by atoms with Crippen LogP contribution in [0.1, 0.15) is 32.3 Å². The molecule has 0 bridgehead atoms. The Bertz CT molecular complexity index is 419. The van der Waals surface area contributed by atoms with Crippen molar-refractivity contribution in [3.63, 3.8) is 0 Å². The monoisotopic (exact) mass is 341 g/mol. The third-order valence-corrected chi connectivity index (χ3v) is 4.67. The molecular weight excluding hydrogens is 318 g/mol. The number of ether oxygens (including phenoxy) is 1. The maximum Gasteiger partial charge on any atom is 0.224 e. The molecule has 0 spiro atoms. The second-order valence-electron chi connectivity index (χ2n) is 4.89. The summed E-state index contributed by atoms with van der Waals surface area (Å²) in [4.78, 5) is 12.3. The van der Waals surface area contributed by atoms with Crippen LogP contribution in [-0.4, -0.2) is 24.4 Å². The van der Waals surface area contributed by atoms with Crippen LogP contribution < -0.4 is 10.1 Å². The Morgan fingerprint density at radius 1 is 1.30 bits per heavy atom. The van der Waals surface area contributed by atoms with E-state index in [0.29, 0.717) is 23.7 Å². The van der Waals surface area contributed by atoms with Gasteiger partial charge in [-0.25, -0.2) is 0 Å². The van der Waals surface area contributed by atoms with Gasteiger partial charge < -0.3 is 10.1 Å². The molecule has 0 saturated heterocycles.